The Morgan fingerprint density at radius 2 is 2.00 bits per heavy atom. The van der Waals surface area contributed by atoms with Gasteiger partial charge in [0.15, 0.2) is 0 Å². The molecule has 0 bridgehead atoms. The average Bonchev–Trinajstić information content (AvgIpc) is 2.87. The molecule has 134 valence electrons. The van der Waals surface area contributed by atoms with Gasteiger partial charge < -0.3 is 10.6 Å². The van der Waals surface area contributed by atoms with Crippen LogP contribution in [0.4, 0.5) is 0 Å². The van der Waals surface area contributed by atoms with E-state index in [1.807, 2.05) is 6.07 Å². The number of nitrogens with zero attached hydrogens (tertiary/aromatic N) is 3. The van der Waals surface area contributed by atoms with E-state index in [-0.39, 0.29) is 17.3 Å². The second-order valence-corrected chi connectivity index (χ2v) is 8.13. The third kappa shape index (κ3) is 3.51. The van der Waals surface area contributed by atoms with E-state index in [4.69, 9.17) is 5.73 Å². The molecule has 1 aliphatic heterocycles. The largest absolute Gasteiger partial charge is 0.340 e. The molecule has 1 aliphatic rings. The van der Waals surface area contributed by atoms with Crippen LogP contribution >= 0.6 is 0 Å². The second kappa shape index (κ2) is 7.07. The van der Waals surface area contributed by atoms with E-state index in [0.717, 1.165) is 5.39 Å². The summed E-state index contributed by atoms with van der Waals surface area (Å²) < 4.78 is 27.7. The fraction of sp³-hybridized carbons (Fsp3) is 0.412. The van der Waals surface area contributed by atoms with Crippen LogP contribution in [-0.4, -0.2) is 60.7 Å². The molecule has 0 spiro atoms. The summed E-state index contributed by atoms with van der Waals surface area (Å²) in [4.78, 5) is 18.0. The molecule has 3 rings (SSSR count). The monoisotopic (exact) mass is 362 g/mol. The Morgan fingerprint density at radius 3 is 2.76 bits per heavy atom. The van der Waals surface area contributed by atoms with Crippen molar-refractivity contribution in [1.29, 1.82) is 0 Å². The molecule has 7 nitrogen and oxygen atoms in total. The van der Waals surface area contributed by atoms with E-state index in [2.05, 4.69) is 4.98 Å². The lowest BCUT2D eigenvalue weighted by Gasteiger charge is -2.23. The third-order valence-electron chi connectivity index (χ3n) is 4.41. The number of fused-ring (bicyclic) bond motifs is 1. The molecule has 1 aromatic heterocycles. The van der Waals surface area contributed by atoms with Gasteiger partial charge in [-0.05, 0) is 25.5 Å². The van der Waals surface area contributed by atoms with Crippen LogP contribution in [0.5, 0.6) is 0 Å². The minimum atomic E-state index is -3.65. The van der Waals surface area contributed by atoms with Gasteiger partial charge in [-0.25, -0.2) is 8.42 Å². The fourth-order valence-electron chi connectivity index (χ4n) is 3.10. The van der Waals surface area contributed by atoms with Crippen molar-refractivity contribution < 1.29 is 13.2 Å². The second-order valence-electron chi connectivity index (χ2n) is 6.22. The first-order valence-corrected chi connectivity index (χ1v) is 9.72. The molecule has 2 N–H and O–H groups in total. The topological polar surface area (TPSA) is 96.6 Å². The van der Waals surface area contributed by atoms with Crippen molar-refractivity contribution in [3.8, 4) is 0 Å². The van der Waals surface area contributed by atoms with Gasteiger partial charge in [0.05, 0.1) is 10.9 Å². The predicted molar refractivity (Wildman–Crippen MR) is 95.3 cm³/mol. The zero-order valence-electron chi connectivity index (χ0n) is 14.1. The van der Waals surface area contributed by atoms with Crippen LogP contribution in [0.15, 0.2) is 41.6 Å². The smallest absolute Gasteiger partial charge is 0.243 e. The number of aromatic nitrogens is 1. The van der Waals surface area contributed by atoms with Gasteiger partial charge in [-0.3, -0.25) is 9.78 Å². The Morgan fingerprint density at radius 1 is 1.20 bits per heavy atom. The molecule has 1 atom stereocenters. The molecule has 8 heteroatoms. The van der Waals surface area contributed by atoms with Gasteiger partial charge in [0.1, 0.15) is 0 Å². The van der Waals surface area contributed by atoms with Crippen molar-refractivity contribution in [2.75, 3.05) is 26.2 Å². The van der Waals surface area contributed by atoms with Crippen molar-refractivity contribution in [2.24, 2.45) is 5.73 Å². The highest BCUT2D eigenvalue weighted by Crippen LogP contribution is 2.25. The van der Waals surface area contributed by atoms with Gasteiger partial charge in [0, 0.05) is 49.3 Å². The van der Waals surface area contributed by atoms with Crippen molar-refractivity contribution in [1.82, 2.24) is 14.2 Å². The fourth-order valence-corrected chi connectivity index (χ4v) is 4.78. The summed E-state index contributed by atoms with van der Waals surface area (Å²) in [7, 11) is -3.65. The summed E-state index contributed by atoms with van der Waals surface area (Å²) in [6.45, 7) is 3.17. The SMILES string of the molecule is CC(N)C(=O)N1CCCN(S(=O)(=O)c2cccc3cnccc23)CC1. The molecule has 1 amide bonds. The van der Waals surface area contributed by atoms with Crippen molar-refractivity contribution in [2.45, 2.75) is 24.3 Å². The maximum atomic E-state index is 13.1. The van der Waals surface area contributed by atoms with Gasteiger partial charge in [-0.2, -0.15) is 4.31 Å². The molecular weight excluding hydrogens is 340 g/mol. The summed E-state index contributed by atoms with van der Waals surface area (Å²) in [5.41, 5.74) is 5.66. The molecule has 1 aromatic carbocycles. The van der Waals surface area contributed by atoms with Crippen LogP contribution in [0.25, 0.3) is 10.8 Å². The molecule has 0 radical (unpaired) electrons. The number of pyridine rings is 1. The molecule has 25 heavy (non-hydrogen) atoms. The van der Waals surface area contributed by atoms with Crippen molar-refractivity contribution in [3.63, 3.8) is 0 Å². The zero-order chi connectivity index (χ0) is 18.0. The maximum Gasteiger partial charge on any atom is 0.243 e. The number of rotatable bonds is 3. The Bertz CT molecular complexity index is 877. The van der Waals surface area contributed by atoms with E-state index in [0.29, 0.717) is 31.4 Å². The van der Waals surface area contributed by atoms with E-state index in [9.17, 15) is 13.2 Å². The lowest BCUT2D eigenvalue weighted by Crippen LogP contribution is -2.44. The maximum absolute atomic E-state index is 13.1. The van der Waals surface area contributed by atoms with E-state index < -0.39 is 16.1 Å². The first kappa shape index (κ1) is 17.8. The lowest BCUT2D eigenvalue weighted by molar-refractivity contribution is -0.132. The van der Waals surface area contributed by atoms with E-state index in [1.54, 1.807) is 42.4 Å². The van der Waals surface area contributed by atoms with Crippen molar-refractivity contribution >= 4 is 26.7 Å². The highest BCUT2D eigenvalue weighted by molar-refractivity contribution is 7.89. The van der Waals surface area contributed by atoms with Crippen LogP contribution in [0.3, 0.4) is 0 Å². The molecule has 1 fully saturated rings. The normalized spacial score (nSPS) is 18.1. The highest BCUT2D eigenvalue weighted by atomic mass is 32.2. The summed E-state index contributed by atoms with van der Waals surface area (Å²) in [5.74, 6) is -0.143. The van der Waals surface area contributed by atoms with Gasteiger partial charge in [-0.1, -0.05) is 12.1 Å². The summed E-state index contributed by atoms with van der Waals surface area (Å²) in [6, 6.07) is 6.32. The number of hydrogen-bond donors (Lipinski definition) is 1. The number of sulfonamides is 1. The molecule has 1 unspecified atom stereocenters. The number of carbonyl (C=O) groups is 1. The zero-order valence-corrected chi connectivity index (χ0v) is 14.9. The van der Waals surface area contributed by atoms with Crippen molar-refractivity contribution in [3.05, 3.63) is 36.7 Å². The van der Waals surface area contributed by atoms with Crippen LogP contribution in [-0.2, 0) is 14.8 Å². The highest BCUT2D eigenvalue weighted by Gasteiger charge is 2.29. The first-order valence-electron chi connectivity index (χ1n) is 8.28. The van der Waals surface area contributed by atoms with Crippen LogP contribution in [0.1, 0.15) is 13.3 Å². The van der Waals surface area contributed by atoms with Gasteiger partial charge in [-0.15, -0.1) is 0 Å². The molecule has 0 saturated carbocycles. The van der Waals surface area contributed by atoms with Gasteiger partial charge >= 0.3 is 0 Å². The minimum absolute atomic E-state index is 0.143. The molecule has 2 aromatic rings. The quantitative estimate of drug-likeness (QED) is 0.871. The van der Waals surface area contributed by atoms with Gasteiger partial charge in [0.25, 0.3) is 0 Å². The Kier molecular flexibility index (Phi) is 5.03. The molecule has 1 saturated heterocycles. The number of hydrogen-bond acceptors (Lipinski definition) is 5. The Balaban J connectivity index is 1.89. The third-order valence-corrected chi connectivity index (χ3v) is 6.37. The summed E-state index contributed by atoms with van der Waals surface area (Å²) in [6.07, 6.45) is 3.83. The standard InChI is InChI=1S/C17H22N4O3S/c1-13(18)17(22)20-8-3-9-21(11-10-20)25(23,24)16-5-2-4-14-12-19-7-6-15(14)16/h2,4-7,12-13H,3,8-11,18H2,1H3. The lowest BCUT2D eigenvalue weighted by atomic mass is 10.2. The molecule has 0 aliphatic carbocycles. The summed E-state index contributed by atoms with van der Waals surface area (Å²) in [5, 5.41) is 1.44. The Hall–Kier alpha value is -2.03. The number of nitrogens with two attached hydrogens (primary N) is 1. The van der Waals surface area contributed by atoms with E-state index in [1.165, 1.54) is 4.31 Å². The van der Waals surface area contributed by atoms with Crippen LogP contribution in [0, 0.1) is 0 Å². The van der Waals surface area contributed by atoms with Gasteiger partial charge in [0.2, 0.25) is 15.9 Å². The number of amides is 1. The Labute approximate surface area is 147 Å². The predicted octanol–water partition coefficient (Wildman–Crippen LogP) is 0.805. The van der Waals surface area contributed by atoms with Crippen LogP contribution < -0.4 is 5.73 Å². The molecular formula is C17H22N4O3S. The number of benzene rings is 1. The average molecular weight is 362 g/mol. The van der Waals surface area contributed by atoms with Crippen LogP contribution in [0.2, 0.25) is 0 Å². The first-order chi connectivity index (χ1) is 11.9. The number of carbonyl (C=O) groups excluding carboxylic acids is 1. The molecule has 2 heterocycles. The van der Waals surface area contributed by atoms with E-state index >= 15 is 0 Å². The minimum Gasteiger partial charge on any atom is -0.340 e. The summed E-state index contributed by atoms with van der Waals surface area (Å²) >= 11 is 0.